The molecule has 1 N–H and O–H groups in total. The van der Waals surface area contributed by atoms with Crippen molar-refractivity contribution in [2.24, 2.45) is 0 Å². The zero-order chi connectivity index (χ0) is 13.0. The third-order valence-electron chi connectivity index (χ3n) is 2.73. The first-order chi connectivity index (χ1) is 8.72. The Morgan fingerprint density at radius 3 is 2.44 bits per heavy atom. The third-order valence-corrected chi connectivity index (χ3v) is 3.05. The van der Waals surface area contributed by atoms with Crippen LogP contribution >= 0.6 is 12.6 Å². The van der Waals surface area contributed by atoms with Gasteiger partial charge in [-0.1, -0.05) is 0 Å². The molecule has 2 heterocycles. The average molecular weight is 266 g/mol. The van der Waals surface area contributed by atoms with Crippen molar-refractivity contribution in [1.29, 1.82) is 0 Å². The molecule has 0 aromatic carbocycles. The second-order valence-electron chi connectivity index (χ2n) is 3.99. The number of amides is 2. The van der Waals surface area contributed by atoms with Gasteiger partial charge >= 0.3 is 0 Å². The predicted octanol–water partition coefficient (Wildman–Crippen LogP) is 0.482. The number of carbonyl (C=O) groups is 2. The number of rotatable bonds is 6. The highest BCUT2D eigenvalue weighted by molar-refractivity contribution is 7.80. The quantitative estimate of drug-likeness (QED) is 0.446. The van der Waals surface area contributed by atoms with E-state index in [0.717, 1.165) is 35.6 Å². The van der Waals surface area contributed by atoms with Crippen LogP contribution in [0.5, 0.6) is 0 Å². The van der Waals surface area contributed by atoms with Crippen LogP contribution in [0, 0.1) is 0 Å². The number of aryl methyl sites for hydroxylation is 1. The van der Waals surface area contributed by atoms with Crippen molar-refractivity contribution in [2.75, 3.05) is 5.75 Å². The van der Waals surface area contributed by atoms with E-state index in [1.807, 2.05) is 0 Å². The molecule has 1 aliphatic heterocycles. The highest BCUT2D eigenvalue weighted by atomic mass is 32.1. The smallest absolute Gasteiger partial charge is 0.253 e. The summed E-state index contributed by atoms with van der Waals surface area (Å²) in [5.41, 5.74) is 1.46. The first-order valence-corrected chi connectivity index (χ1v) is 6.38. The minimum atomic E-state index is -0.302. The molecule has 0 spiro atoms. The Kier molecular flexibility index (Phi) is 4.14. The molecule has 0 aliphatic carbocycles. The van der Waals surface area contributed by atoms with Crippen molar-refractivity contribution in [3.63, 3.8) is 0 Å². The second kappa shape index (κ2) is 5.81. The minimum Gasteiger partial charge on any atom is -0.269 e. The molecule has 0 saturated heterocycles. The van der Waals surface area contributed by atoms with Gasteiger partial charge in [-0.05, 0) is 25.0 Å². The third kappa shape index (κ3) is 2.79. The largest absolute Gasteiger partial charge is 0.269 e. The Bertz CT molecular complexity index is 465. The van der Waals surface area contributed by atoms with E-state index in [2.05, 4.69) is 28.0 Å². The van der Waals surface area contributed by atoms with Gasteiger partial charge in [0, 0.05) is 12.2 Å². The maximum Gasteiger partial charge on any atom is 0.253 e. The monoisotopic (exact) mass is 266 g/mol. The fraction of sp³-hybridized carbons (Fsp3) is 0.455. The lowest BCUT2D eigenvalue weighted by molar-refractivity contribution is -0.137. The Balaban J connectivity index is 1.99. The first-order valence-electron chi connectivity index (χ1n) is 5.75. The highest BCUT2D eigenvalue weighted by Gasteiger charge is 2.25. The van der Waals surface area contributed by atoms with Crippen LogP contribution in [0.2, 0.25) is 0 Å². The van der Waals surface area contributed by atoms with Gasteiger partial charge in [-0.25, -0.2) is 0 Å². The Hall–Kier alpha value is -1.63. The summed E-state index contributed by atoms with van der Waals surface area (Å²) in [7, 11) is 0. The number of imide groups is 1. The molecule has 2 rings (SSSR count). The average Bonchev–Trinajstić information content (AvgIpc) is 2.92. The summed E-state index contributed by atoms with van der Waals surface area (Å²) >= 11 is 4.15. The molecule has 0 unspecified atom stereocenters. The molecule has 18 heavy (non-hydrogen) atoms. The van der Waals surface area contributed by atoms with Crippen molar-refractivity contribution in [2.45, 2.75) is 25.8 Å². The number of carbonyl (C=O) groups excluding carboxylic acids is 2. The van der Waals surface area contributed by atoms with Gasteiger partial charge in [-0.3, -0.25) is 14.5 Å². The van der Waals surface area contributed by atoms with Crippen molar-refractivity contribution in [1.82, 2.24) is 20.3 Å². The van der Waals surface area contributed by atoms with Gasteiger partial charge in [0.2, 0.25) is 0 Å². The molecule has 6 nitrogen and oxygen atoms in total. The number of nitrogens with zero attached hydrogens (tertiary/aromatic N) is 3. The Labute approximate surface area is 110 Å². The van der Waals surface area contributed by atoms with E-state index in [1.54, 1.807) is 0 Å². The summed E-state index contributed by atoms with van der Waals surface area (Å²) < 4.78 is 0. The number of unbranched alkanes of at least 4 members (excludes halogenated alkanes) is 1. The molecule has 1 aromatic rings. The van der Waals surface area contributed by atoms with Crippen molar-refractivity contribution in [3.05, 3.63) is 23.5 Å². The van der Waals surface area contributed by atoms with Crippen LogP contribution < -0.4 is 0 Å². The molecule has 1 aromatic heterocycles. The fourth-order valence-corrected chi connectivity index (χ4v) is 1.97. The van der Waals surface area contributed by atoms with Crippen LogP contribution in [-0.4, -0.2) is 37.9 Å². The number of aromatic nitrogens is 3. The van der Waals surface area contributed by atoms with Crippen LogP contribution in [0.4, 0.5) is 0 Å². The number of hydrogen-bond acceptors (Lipinski definition) is 5. The Morgan fingerprint density at radius 2 is 1.78 bits per heavy atom. The van der Waals surface area contributed by atoms with Crippen LogP contribution in [0.25, 0.3) is 0 Å². The van der Waals surface area contributed by atoms with Gasteiger partial charge in [-0.15, -0.1) is 0 Å². The van der Waals surface area contributed by atoms with E-state index in [-0.39, 0.29) is 18.4 Å². The van der Waals surface area contributed by atoms with E-state index in [0.29, 0.717) is 5.69 Å². The lowest BCUT2D eigenvalue weighted by Gasteiger charge is -2.12. The van der Waals surface area contributed by atoms with Gasteiger partial charge in [0.15, 0.2) is 0 Å². The van der Waals surface area contributed by atoms with Gasteiger partial charge in [0.25, 0.3) is 11.8 Å². The van der Waals surface area contributed by atoms with Crippen molar-refractivity contribution < 1.29 is 9.59 Å². The molecule has 0 bridgehead atoms. The number of nitrogens with one attached hydrogen (secondary N) is 1. The Morgan fingerprint density at radius 1 is 1.11 bits per heavy atom. The maximum absolute atomic E-state index is 11.4. The highest BCUT2D eigenvalue weighted by Crippen LogP contribution is 2.13. The van der Waals surface area contributed by atoms with E-state index >= 15 is 0 Å². The predicted molar refractivity (Wildman–Crippen MR) is 67.9 cm³/mol. The lowest BCUT2D eigenvalue weighted by Crippen LogP contribution is -2.29. The SMILES string of the molecule is O=C1C=CC(=O)N1Cc1n[nH]nc1CCCCS. The summed E-state index contributed by atoms with van der Waals surface area (Å²) in [6, 6.07) is 0. The molecular formula is C11H14N4O2S. The first kappa shape index (κ1) is 12.8. The summed E-state index contributed by atoms with van der Waals surface area (Å²) in [6.45, 7) is 0.178. The number of hydrogen-bond donors (Lipinski definition) is 2. The topological polar surface area (TPSA) is 79.0 Å². The van der Waals surface area contributed by atoms with Gasteiger partial charge < -0.3 is 0 Å². The summed E-state index contributed by atoms with van der Waals surface area (Å²) in [6.07, 6.45) is 5.27. The molecular weight excluding hydrogens is 252 g/mol. The fourth-order valence-electron chi connectivity index (χ4n) is 1.74. The minimum absolute atomic E-state index is 0.178. The van der Waals surface area contributed by atoms with E-state index in [9.17, 15) is 9.59 Å². The summed E-state index contributed by atoms with van der Waals surface area (Å²) in [5.74, 6) is 0.230. The van der Waals surface area contributed by atoms with Gasteiger partial charge in [0.1, 0.15) is 5.69 Å². The molecule has 2 amide bonds. The normalized spacial score (nSPS) is 14.8. The zero-order valence-electron chi connectivity index (χ0n) is 9.80. The molecule has 0 fully saturated rings. The van der Waals surface area contributed by atoms with Crippen molar-refractivity contribution in [3.8, 4) is 0 Å². The van der Waals surface area contributed by atoms with Crippen LogP contribution in [-0.2, 0) is 22.6 Å². The molecule has 0 radical (unpaired) electrons. The molecule has 1 aliphatic rings. The number of thiol groups is 1. The van der Waals surface area contributed by atoms with E-state index in [1.165, 1.54) is 12.2 Å². The standard InChI is InChI=1S/C11H14N4O2S/c16-10-4-5-11(17)15(10)7-9-8(12-14-13-9)3-1-2-6-18/h4-5,18H,1-3,6-7H2,(H,12,13,14). The van der Waals surface area contributed by atoms with Crippen LogP contribution in [0.15, 0.2) is 12.2 Å². The zero-order valence-corrected chi connectivity index (χ0v) is 10.7. The molecule has 96 valence electrons. The van der Waals surface area contributed by atoms with E-state index < -0.39 is 0 Å². The molecule has 7 heteroatoms. The lowest BCUT2D eigenvalue weighted by atomic mass is 10.1. The molecule has 0 atom stereocenters. The number of aromatic amines is 1. The summed E-state index contributed by atoms with van der Waals surface area (Å²) in [5, 5.41) is 10.6. The number of H-pyrrole nitrogens is 1. The second-order valence-corrected chi connectivity index (χ2v) is 4.44. The van der Waals surface area contributed by atoms with Gasteiger partial charge in [0.05, 0.1) is 12.2 Å². The van der Waals surface area contributed by atoms with Crippen molar-refractivity contribution >= 4 is 24.4 Å². The van der Waals surface area contributed by atoms with E-state index in [4.69, 9.17) is 0 Å². The summed E-state index contributed by atoms with van der Waals surface area (Å²) in [4.78, 5) is 24.0. The molecule has 0 saturated carbocycles. The van der Waals surface area contributed by atoms with Crippen LogP contribution in [0.3, 0.4) is 0 Å². The maximum atomic E-state index is 11.4. The van der Waals surface area contributed by atoms with Gasteiger partial charge in [-0.2, -0.15) is 28.0 Å². The van der Waals surface area contributed by atoms with Crippen LogP contribution in [0.1, 0.15) is 24.2 Å².